The average Bonchev–Trinajstić information content (AvgIpc) is 3.41. The fourth-order valence-electron chi connectivity index (χ4n) is 3.74. The lowest BCUT2D eigenvalue weighted by Gasteiger charge is -2.12. The Balaban J connectivity index is 1.62. The van der Waals surface area contributed by atoms with Gasteiger partial charge in [-0.3, -0.25) is 9.48 Å². The van der Waals surface area contributed by atoms with Crippen LogP contribution < -0.4 is 5.32 Å². The molecule has 5 rings (SSSR count). The van der Waals surface area contributed by atoms with Gasteiger partial charge in [-0.05, 0) is 31.2 Å². The van der Waals surface area contributed by atoms with Gasteiger partial charge < -0.3 is 5.32 Å². The highest BCUT2D eigenvalue weighted by atomic mass is 16.1. The van der Waals surface area contributed by atoms with Gasteiger partial charge in [0, 0.05) is 23.7 Å². The summed E-state index contributed by atoms with van der Waals surface area (Å²) in [4.78, 5) is 18.3. The highest BCUT2D eigenvalue weighted by Crippen LogP contribution is 2.28. The van der Waals surface area contributed by atoms with Crippen molar-refractivity contribution in [2.45, 2.75) is 6.92 Å². The van der Waals surface area contributed by atoms with E-state index in [-0.39, 0.29) is 11.5 Å². The van der Waals surface area contributed by atoms with E-state index in [1.807, 2.05) is 68.6 Å². The smallest absolute Gasteiger partial charge is 0.257 e. The second kappa shape index (κ2) is 8.05. The third-order valence-electron chi connectivity index (χ3n) is 5.59. The number of anilines is 1. The van der Waals surface area contributed by atoms with Gasteiger partial charge >= 0.3 is 0 Å². The van der Waals surface area contributed by atoms with Crippen LogP contribution in [0.5, 0.6) is 0 Å². The molecule has 0 saturated heterocycles. The molecule has 0 unspecified atom stereocenters. The van der Waals surface area contributed by atoms with Crippen LogP contribution in [0.3, 0.4) is 0 Å². The average molecular weight is 433 g/mol. The molecule has 2 aromatic carbocycles. The molecule has 0 aliphatic carbocycles. The Hall–Kier alpha value is -4.77. The summed E-state index contributed by atoms with van der Waals surface area (Å²) in [7, 11) is 1.86. The van der Waals surface area contributed by atoms with Crippen molar-refractivity contribution in [2.24, 2.45) is 7.05 Å². The Labute approximate surface area is 189 Å². The minimum atomic E-state index is -0.356. The zero-order valence-electron chi connectivity index (χ0n) is 18.0. The molecule has 0 atom stereocenters. The molecule has 3 aromatic heterocycles. The summed E-state index contributed by atoms with van der Waals surface area (Å²) >= 11 is 0. The first-order chi connectivity index (χ1) is 16.1. The number of pyridine rings is 1. The molecule has 0 radical (unpaired) electrons. The lowest BCUT2D eigenvalue weighted by atomic mass is 10.0. The largest absolute Gasteiger partial charge is 0.305 e. The van der Waals surface area contributed by atoms with Crippen molar-refractivity contribution in [1.82, 2.24) is 24.5 Å². The molecule has 33 heavy (non-hydrogen) atoms. The third kappa shape index (κ3) is 3.51. The van der Waals surface area contributed by atoms with Crippen molar-refractivity contribution >= 4 is 22.6 Å². The Morgan fingerprint density at radius 1 is 1.03 bits per heavy atom. The summed E-state index contributed by atoms with van der Waals surface area (Å²) in [6.45, 7) is 1.95. The number of nitrogens with zero attached hydrogens (tertiary/aromatic N) is 6. The normalized spacial score (nSPS) is 10.8. The van der Waals surface area contributed by atoms with Crippen molar-refractivity contribution < 1.29 is 4.79 Å². The molecular weight excluding hydrogens is 414 g/mol. The summed E-state index contributed by atoms with van der Waals surface area (Å²) in [5.41, 5.74) is 4.60. The molecule has 0 aliphatic heterocycles. The number of nitriles is 1. The molecule has 8 heteroatoms. The summed E-state index contributed by atoms with van der Waals surface area (Å²) in [5.74, 6) is -0.0423. The van der Waals surface area contributed by atoms with Gasteiger partial charge in [0.05, 0.1) is 34.9 Å². The van der Waals surface area contributed by atoms with E-state index in [1.165, 1.54) is 6.20 Å². The molecule has 1 amide bonds. The first kappa shape index (κ1) is 20.2. The van der Waals surface area contributed by atoms with Crippen molar-refractivity contribution in [3.05, 3.63) is 89.9 Å². The van der Waals surface area contributed by atoms with E-state index < -0.39 is 0 Å². The predicted octanol–water partition coefficient (Wildman–Crippen LogP) is 4.25. The fraction of sp³-hybridized carbons (Fsp3) is 0.0800. The summed E-state index contributed by atoms with van der Waals surface area (Å²) < 4.78 is 3.32. The van der Waals surface area contributed by atoms with Crippen LogP contribution in [0.15, 0.2) is 73.1 Å². The molecule has 0 fully saturated rings. The minimum Gasteiger partial charge on any atom is -0.305 e. The van der Waals surface area contributed by atoms with Crippen molar-refractivity contribution in [1.29, 1.82) is 5.26 Å². The minimum absolute atomic E-state index is 0.272. The van der Waals surface area contributed by atoms with E-state index in [2.05, 4.69) is 21.6 Å². The lowest BCUT2D eigenvalue weighted by molar-refractivity contribution is 0.102. The van der Waals surface area contributed by atoms with Gasteiger partial charge in [-0.15, -0.1) is 0 Å². The Morgan fingerprint density at radius 2 is 1.79 bits per heavy atom. The van der Waals surface area contributed by atoms with E-state index in [0.717, 1.165) is 16.9 Å². The monoisotopic (exact) mass is 433 g/mol. The number of benzene rings is 2. The molecule has 160 valence electrons. The van der Waals surface area contributed by atoms with Crippen molar-refractivity contribution in [3.8, 4) is 23.0 Å². The number of rotatable bonds is 4. The zero-order valence-corrected chi connectivity index (χ0v) is 18.0. The second-order valence-electron chi connectivity index (χ2n) is 7.56. The number of fused-ring (bicyclic) bond motifs is 1. The van der Waals surface area contributed by atoms with Gasteiger partial charge in [0.1, 0.15) is 11.6 Å². The number of carbonyl (C=O) groups excluding carboxylic acids is 1. The molecule has 1 N–H and O–H groups in total. The van der Waals surface area contributed by atoms with Gasteiger partial charge in [-0.25, -0.2) is 9.67 Å². The third-order valence-corrected chi connectivity index (χ3v) is 5.59. The van der Waals surface area contributed by atoms with E-state index in [4.69, 9.17) is 4.98 Å². The van der Waals surface area contributed by atoms with Crippen LogP contribution in [-0.2, 0) is 7.05 Å². The first-order valence-electron chi connectivity index (χ1n) is 10.3. The number of para-hydroxylation sites is 2. The SMILES string of the molecule is Cc1c(-c2cc(C(=O)Nc3c(C#N)cnn3-c3ccccc3)c3ccccc3n2)cnn1C. The van der Waals surface area contributed by atoms with Crippen molar-refractivity contribution in [3.63, 3.8) is 0 Å². The van der Waals surface area contributed by atoms with Gasteiger partial charge in [0.15, 0.2) is 5.82 Å². The molecule has 0 bridgehead atoms. The van der Waals surface area contributed by atoms with Crippen LogP contribution in [0.2, 0.25) is 0 Å². The number of hydrogen-bond donors (Lipinski definition) is 1. The molecule has 0 spiro atoms. The summed E-state index contributed by atoms with van der Waals surface area (Å²) in [6, 6.07) is 20.7. The second-order valence-corrected chi connectivity index (χ2v) is 7.56. The van der Waals surface area contributed by atoms with Crippen molar-refractivity contribution in [2.75, 3.05) is 5.32 Å². The number of aryl methyl sites for hydroxylation is 1. The van der Waals surface area contributed by atoms with E-state index >= 15 is 0 Å². The van der Waals surface area contributed by atoms with E-state index in [9.17, 15) is 10.1 Å². The van der Waals surface area contributed by atoms with Gasteiger partial charge in [0.25, 0.3) is 5.91 Å². The Kier molecular flexibility index (Phi) is 4.92. The molecule has 8 nitrogen and oxygen atoms in total. The predicted molar refractivity (Wildman–Crippen MR) is 125 cm³/mol. The van der Waals surface area contributed by atoms with Crippen LogP contribution in [0.4, 0.5) is 5.82 Å². The summed E-state index contributed by atoms with van der Waals surface area (Å²) in [6.07, 6.45) is 3.18. The molecule has 3 heterocycles. The van der Waals surface area contributed by atoms with Gasteiger partial charge in [-0.2, -0.15) is 15.5 Å². The number of nitrogens with one attached hydrogen (secondary N) is 1. The maximum Gasteiger partial charge on any atom is 0.257 e. The summed E-state index contributed by atoms with van der Waals surface area (Å²) in [5, 5.41) is 21.8. The lowest BCUT2D eigenvalue weighted by Crippen LogP contribution is -2.17. The number of aromatic nitrogens is 5. The van der Waals surface area contributed by atoms with Crippen LogP contribution in [0.25, 0.3) is 27.8 Å². The highest BCUT2D eigenvalue weighted by Gasteiger charge is 2.20. The molecule has 0 saturated carbocycles. The highest BCUT2D eigenvalue weighted by molar-refractivity contribution is 6.13. The van der Waals surface area contributed by atoms with Crippen LogP contribution in [0.1, 0.15) is 21.6 Å². The van der Waals surface area contributed by atoms with Gasteiger partial charge in [-0.1, -0.05) is 36.4 Å². The van der Waals surface area contributed by atoms with Crippen LogP contribution in [-0.4, -0.2) is 30.5 Å². The van der Waals surface area contributed by atoms with Gasteiger partial charge in [0.2, 0.25) is 0 Å². The topological polar surface area (TPSA) is 101 Å². The fourth-order valence-corrected chi connectivity index (χ4v) is 3.74. The standard InChI is InChI=1S/C25H19N7O/c1-16-21(15-27-31(16)2)23-12-20(19-10-6-7-11-22(19)29-23)25(33)30-24-17(13-26)14-28-32(24)18-8-4-3-5-9-18/h3-12,14-15H,1-2H3,(H,30,33). The van der Waals surface area contributed by atoms with Crippen LogP contribution >= 0.6 is 0 Å². The molecule has 0 aliphatic rings. The Morgan fingerprint density at radius 3 is 2.52 bits per heavy atom. The first-order valence-corrected chi connectivity index (χ1v) is 10.3. The maximum atomic E-state index is 13.5. The number of amides is 1. The quantitative estimate of drug-likeness (QED) is 0.456. The number of carbonyl (C=O) groups is 1. The number of hydrogen-bond acceptors (Lipinski definition) is 5. The van der Waals surface area contributed by atoms with Crippen LogP contribution in [0, 0.1) is 18.3 Å². The maximum absolute atomic E-state index is 13.5. The zero-order chi connectivity index (χ0) is 22.9. The van der Waals surface area contributed by atoms with E-state index in [0.29, 0.717) is 28.0 Å². The van der Waals surface area contributed by atoms with E-state index in [1.54, 1.807) is 21.6 Å². The Bertz CT molecular complexity index is 1540. The molecule has 5 aromatic rings. The molecular formula is C25H19N7O.